The fourth-order valence-corrected chi connectivity index (χ4v) is 6.00. The number of alkyl halides is 3. The highest BCUT2D eigenvalue weighted by atomic mass is 19.4. The van der Waals surface area contributed by atoms with Gasteiger partial charge in [-0.05, 0) is 48.0 Å². The smallest absolute Gasteiger partial charge is 0.335 e. The fourth-order valence-electron chi connectivity index (χ4n) is 6.00. The SMILES string of the molecule is O=C(c1ccc2c(ccn2-c2ccccc2C(F)(F)F)c1)N1CC(N2CC(N3Cc4ccccc4C3=O)C2)C1. The molecule has 0 aliphatic carbocycles. The minimum absolute atomic E-state index is 0.0528. The Balaban J connectivity index is 0.991. The molecule has 0 bridgehead atoms. The molecule has 0 spiro atoms. The number of hydrogen-bond acceptors (Lipinski definition) is 3. The van der Waals surface area contributed by atoms with Crippen LogP contribution >= 0.6 is 0 Å². The maximum absolute atomic E-state index is 13.6. The van der Waals surface area contributed by atoms with Crippen LogP contribution in [0.5, 0.6) is 0 Å². The zero-order valence-electron chi connectivity index (χ0n) is 20.9. The van der Waals surface area contributed by atoms with Gasteiger partial charge in [0.05, 0.1) is 22.8 Å². The van der Waals surface area contributed by atoms with Crippen LogP contribution < -0.4 is 0 Å². The van der Waals surface area contributed by atoms with Gasteiger partial charge >= 0.3 is 6.18 Å². The van der Waals surface area contributed by atoms with Crippen molar-refractivity contribution in [3.8, 4) is 5.69 Å². The van der Waals surface area contributed by atoms with Gasteiger partial charge in [0.25, 0.3) is 11.8 Å². The van der Waals surface area contributed by atoms with Crippen LogP contribution in [0.1, 0.15) is 31.8 Å². The van der Waals surface area contributed by atoms with Gasteiger partial charge in [-0.25, -0.2) is 0 Å². The highest BCUT2D eigenvalue weighted by Crippen LogP contribution is 2.36. The quantitative estimate of drug-likeness (QED) is 0.381. The molecule has 0 atom stereocenters. The number of aromatic nitrogens is 1. The third kappa shape index (κ3) is 3.91. The summed E-state index contributed by atoms with van der Waals surface area (Å²) >= 11 is 0. The zero-order valence-corrected chi connectivity index (χ0v) is 20.9. The standard InChI is InChI=1S/C30H25F3N4O2/c31-30(32,33)25-7-3-4-8-27(25)36-12-11-19-13-20(9-10-26(19)36)28(38)35-15-22(16-35)34-17-23(18-34)37-14-21-5-1-2-6-24(21)29(37)39/h1-13,22-23H,14-18H2. The molecule has 4 heterocycles. The van der Waals surface area contributed by atoms with Crippen molar-refractivity contribution in [2.45, 2.75) is 24.8 Å². The number of halogens is 3. The second-order valence-corrected chi connectivity index (χ2v) is 10.5. The molecule has 3 aromatic carbocycles. The summed E-state index contributed by atoms with van der Waals surface area (Å²) in [5.74, 6) is 0.0191. The van der Waals surface area contributed by atoms with Crippen LogP contribution in [0, 0.1) is 0 Å². The van der Waals surface area contributed by atoms with Gasteiger partial charge in [-0.15, -0.1) is 0 Å². The lowest BCUT2D eigenvalue weighted by molar-refractivity contribution is -0.137. The predicted octanol–water partition coefficient (Wildman–Crippen LogP) is 4.81. The first-order valence-corrected chi connectivity index (χ1v) is 13.0. The Hall–Kier alpha value is -4.11. The lowest BCUT2D eigenvalue weighted by atomic mass is 9.97. The van der Waals surface area contributed by atoms with Crippen LogP contribution in [-0.2, 0) is 12.7 Å². The number of fused-ring (bicyclic) bond motifs is 2. The number of amides is 2. The predicted molar refractivity (Wildman–Crippen MR) is 140 cm³/mol. The van der Waals surface area contributed by atoms with E-state index in [-0.39, 0.29) is 29.6 Å². The average molecular weight is 531 g/mol. The molecule has 2 fully saturated rings. The Morgan fingerprint density at radius 3 is 2.36 bits per heavy atom. The van der Waals surface area contributed by atoms with Gasteiger partial charge < -0.3 is 14.4 Å². The molecule has 0 radical (unpaired) electrons. The monoisotopic (exact) mass is 530 g/mol. The number of carbonyl (C=O) groups excluding carboxylic acids is 2. The van der Waals surface area contributed by atoms with E-state index < -0.39 is 11.7 Å². The Bertz CT molecular complexity index is 1620. The molecule has 7 rings (SSSR count). The normalized spacial score (nSPS) is 18.4. The lowest BCUT2D eigenvalue weighted by Gasteiger charge is -2.53. The fraction of sp³-hybridized carbons (Fsp3) is 0.267. The molecule has 4 aromatic rings. The Kier molecular flexibility index (Phi) is 5.35. The van der Waals surface area contributed by atoms with E-state index in [4.69, 9.17) is 0 Å². The summed E-state index contributed by atoms with van der Waals surface area (Å²) in [7, 11) is 0. The van der Waals surface area contributed by atoms with Crippen molar-refractivity contribution in [3.05, 3.63) is 101 Å². The summed E-state index contributed by atoms with van der Waals surface area (Å²) in [4.78, 5) is 32.0. The molecule has 9 heteroatoms. The minimum Gasteiger partial charge on any atom is -0.335 e. The van der Waals surface area contributed by atoms with Crippen LogP contribution in [0.2, 0.25) is 0 Å². The van der Waals surface area contributed by atoms with Gasteiger partial charge in [0, 0.05) is 61.5 Å². The van der Waals surface area contributed by atoms with Crippen molar-refractivity contribution in [3.63, 3.8) is 0 Å². The van der Waals surface area contributed by atoms with Crippen molar-refractivity contribution >= 4 is 22.7 Å². The molecule has 6 nitrogen and oxygen atoms in total. The number of para-hydroxylation sites is 1. The number of carbonyl (C=O) groups is 2. The van der Waals surface area contributed by atoms with Gasteiger partial charge in [-0.1, -0.05) is 30.3 Å². The van der Waals surface area contributed by atoms with Crippen molar-refractivity contribution in [1.82, 2.24) is 19.3 Å². The molecule has 2 saturated heterocycles. The van der Waals surface area contributed by atoms with Gasteiger partial charge in [-0.3, -0.25) is 14.5 Å². The molecule has 0 unspecified atom stereocenters. The maximum Gasteiger partial charge on any atom is 0.418 e. The molecule has 2 amide bonds. The van der Waals surface area contributed by atoms with Crippen LogP contribution in [0.15, 0.2) is 79.0 Å². The molecule has 1 aromatic heterocycles. The van der Waals surface area contributed by atoms with Crippen molar-refractivity contribution < 1.29 is 22.8 Å². The molecule has 3 aliphatic rings. The van der Waals surface area contributed by atoms with Gasteiger partial charge in [0.2, 0.25) is 0 Å². The molecular formula is C30H25F3N4O2. The number of rotatable bonds is 4. The maximum atomic E-state index is 13.6. The molecule has 39 heavy (non-hydrogen) atoms. The summed E-state index contributed by atoms with van der Waals surface area (Å²) in [5, 5.41) is 0.705. The molecule has 198 valence electrons. The summed E-state index contributed by atoms with van der Waals surface area (Å²) in [5.41, 5.74) is 2.35. The minimum atomic E-state index is -4.47. The number of benzene rings is 3. The van der Waals surface area contributed by atoms with E-state index in [0.717, 1.165) is 30.3 Å². The zero-order chi connectivity index (χ0) is 26.9. The molecule has 3 aliphatic heterocycles. The van der Waals surface area contributed by atoms with E-state index in [0.29, 0.717) is 36.1 Å². The van der Waals surface area contributed by atoms with Crippen molar-refractivity contribution in [2.24, 2.45) is 0 Å². The van der Waals surface area contributed by atoms with E-state index in [9.17, 15) is 22.8 Å². The second kappa shape index (κ2) is 8.71. The molecule has 0 saturated carbocycles. The summed E-state index contributed by atoms with van der Waals surface area (Å²) in [6.07, 6.45) is -2.87. The average Bonchev–Trinajstić information content (AvgIpc) is 3.44. The topological polar surface area (TPSA) is 48.8 Å². The first kappa shape index (κ1) is 24.0. The first-order chi connectivity index (χ1) is 18.8. The number of nitrogens with zero attached hydrogens (tertiary/aromatic N) is 4. The number of hydrogen-bond donors (Lipinski definition) is 0. The molecule has 0 N–H and O–H groups in total. The van der Waals surface area contributed by atoms with Gasteiger partial charge in [-0.2, -0.15) is 13.2 Å². The van der Waals surface area contributed by atoms with Crippen LogP contribution in [0.3, 0.4) is 0 Å². The summed E-state index contributed by atoms with van der Waals surface area (Å²) in [6.45, 7) is 3.53. The van der Waals surface area contributed by atoms with Gasteiger partial charge in [0.1, 0.15) is 0 Å². The van der Waals surface area contributed by atoms with E-state index in [1.165, 1.54) is 16.7 Å². The van der Waals surface area contributed by atoms with Crippen molar-refractivity contribution in [2.75, 3.05) is 26.2 Å². The summed E-state index contributed by atoms with van der Waals surface area (Å²) < 4.78 is 42.2. The highest BCUT2D eigenvalue weighted by molar-refractivity contribution is 5.99. The second-order valence-electron chi connectivity index (χ2n) is 10.5. The first-order valence-electron chi connectivity index (χ1n) is 13.0. The van der Waals surface area contributed by atoms with Crippen LogP contribution in [-0.4, -0.2) is 69.3 Å². The Labute approximate surface area is 222 Å². The largest absolute Gasteiger partial charge is 0.418 e. The third-order valence-corrected chi connectivity index (χ3v) is 8.25. The number of likely N-dealkylation sites (tertiary alicyclic amines) is 2. The Morgan fingerprint density at radius 2 is 1.59 bits per heavy atom. The van der Waals surface area contributed by atoms with E-state index in [2.05, 4.69) is 4.90 Å². The van der Waals surface area contributed by atoms with Crippen molar-refractivity contribution in [1.29, 1.82) is 0 Å². The Morgan fingerprint density at radius 1 is 0.846 bits per heavy atom. The van der Waals surface area contributed by atoms with E-state index >= 15 is 0 Å². The summed E-state index contributed by atoms with van der Waals surface area (Å²) in [6, 6.07) is 20.6. The van der Waals surface area contributed by atoms with E-state index in [1.54, 1.807) is 41.4 Å². The highest BCUT2D eigenvalue weighted by Gasteiger charge is 2.45. The third-order valence-electron chi connectivity index (χ3n) is 8.25. The van der Waals surface area contributed by atoms with Crippen LogP contribution in [0.4, 0.5) is 13.2 Å². The van der Waals surface area contributed by atoms with Gasteiger partial charge in [0.15, 0.2) is 0 Å². The lowest BCUT2D eigenvalue weighted by Crippen LogP contribution is -2.70. The van der Waals surface area contributed by atoms with E-state index in [1.807, 2.05) is 29.2 Å². The van der Waals surface area contributed by atoms with Crippen LogP contribution in [0.25, 0.3) is 16.6 Å². The molecular weight excluding hydrogens is 505 g/mol.